The lowest BCUT2D eigenvalue weighted by molar-refractivity contribution is -0.139. The lowest BCUT2D eigenvalue weighted by Crippen LogP contribution is -2.49. The second kappa shape index (κ2) is 8.32. The number of unbranched alkanes of at least 4 members (excludes halogenated alkanes) is 1. The van der Waals surface area contributed by atoms with Crippen molar-refractivity contribution in [3.63, 3.8) is 0 Å². The minimum atomic E-state index is -1.07. The lowest BCUT2D eigenvalue weighted by Gasteiger charge is -2.17. The number of aliphatic carboxylic acids is 1. The Morgan fingerprint density at radius 3 is 2.33 bits per heavy atom. The third kappa shape index (κ3) is 7.48. The van der Waals surface area contributed by atoms with Gasteiger partial charge in [-0.05, 0) is 13.3 Å². The fraction of sp³-hybridized carbons (Fsp3) is 0.727. The SMILES string of the molecule is CCCCC(NC(=O)NC(C)CC(N)=O)C(=O)O. The summed E-state index contributed by atoms with van der Waals surface area (Å²) in [6.07, 6.45) is 1.96. The summed E-state index contributed by atoms with van der Waals surface area (Å²) in [4.78, 5) is 33.0. The number of nitrogens with one attached hydrogen (secondary N) is 2. The average molecular weight is 259 g/mol. The number of carboxylic acids is 1. The minimum Gasteiger partial charge on any atom is -0.480 e. The Labute approximate surface area is 106 Å². The summed E-state index contributed by atoms with van der Waals surface area (Å²) in [5.74, 6) is -1.59. The van der Waals surface area contributed by atoms with Gasteiger partial charge >= 0.3 is 12.0 Å². The van der Waals surface area contributed by atoms with E-state index < -0.39 is 30.0 Å². The van der Waals surface area contributed by atoms with Crippen LogP contribution in [0.1, 0.15) is 39.5 Å². The lowest BCUT2D eigenvalue weighted by atomic mass is 10.1. The third-order valence-corrected chi connectivity index (χ3v) is 2.33. The van der Waals surface area contributed by atoms with Crippen LogP contribution in [0, 0.1) is 0 Å². The van der Waals surface area contributed by atoms with Gasteiger partial charge in [-0.15, -0.1) is 0 Å². The molecule has 0 saturated carbocycles. The van der Waals surface area contributed by atoms with Crippen molar-refractivity contribution >= 4 is 17.9 Å². The van der Waals surface area contributed by atoms with Gasteiger partial charge in [0.1, 0.15) is 6.04 Å². The van der Waals surface area contributed by atoms with Gasteiger partial charge in [0.25, 0.3) is 0 Å². The highest BCUT2D eigenvalue weighted by Gasteiger charge is 2.20. The predicted molar refractivity (Wildman–Crippen MR) is 65.9 cm³/mol. The first-order valence-electron chi connectivity index (χ1n) is 5.95. The van der Waals surface area contributed by atoms with Crippen molar-refractivity contribution in [3.05, 3.63) is 0 Å². The summed E-state index contributed by atoms with van der Waals surface area (Å²) >= 11 is 0. The number of rotatable bonds is 8. The Kier molecular flexibility index (Phi) is 7.50. The van der Waals surface area contributed by atoms with E-state index in [2.05, 4.69) is 10.6 Å². The summed E-state index contributed by atoms with van der Waals surface area (Å²) in [6, 6.07) is -1.94. The van der Waals surface area contributed by atoms with Crippen LogP contribution in [0.25, 0.3) is 0 Å². The summed E-state index contributed by atoms with van der Waals surface area (Å²) < 4.78 is 0. The molecule has 0 aliphatic rings. The van der Waals surface area contributed by atoms with Gasteiger partial charge in [-0.3, -0.25) is 4.79 Å². The summed E-state index contributed by atoms with van der Waals surface area (Å²) in [5, 5.41) is 13.7. The summed E-state index contributed by atoms with van der Waals surface area (Å²) in [5.41, 5.74) is 4.98. The molecule has 5 N–H and O–H groups in total. The fourth-order valence-corrected chi connectivity index (χ4v) is 1.44. The standard InChI is InChI=1S/C11H21N3O4/c1-3-4-5-8(10(16)17)14-11(18)13-7(2)6-9(12)15/h7-8H,3-6H2,1-2H3,(H2,12,15)(H,16,17)(H2,13,14,18). The van der Waals surface area contributed by atoms with Crippen molar-refractivity contribution in [2.45, 2.75) is 51.6 Å². The number of hydrogen-bond acceptors (Lipinski definition) is 3. The Bertz CT molecular complexity index is 307. The number of primary amides is 1. The largest absolute Gasteiger partial charge is 0.480 e. The van der Waals surface area contributed by atoms with Crippen molar-refractivity contribution in [3.8, 4) is 0 Å². The van der Waals surface area contributed by atoms with Crippen LogP contribution in [0.5, 0.6) is 0 Å². The van der Waals surface area contributed by atoms with Gasteiger partial charge in [-0.25, -0.2) is 9.59 Å². The van der Waals surface area contributed by atoms with Crippen LogP contribution in [0.4, 0.5) is 4.79 Å². The molecule has 7 heteroatoms. The van der Waals surface area contributed by atoms with Crippen molar-refractivity contribution in [2.75, 3.05) is 0 Å². The Morgan fingerprint density at radius 1 is 1.28 bits per heavy atom. The van der Waals surface area contributed by atoms with E-state index in [9.17, 15) is 14.4 Å². The molecule has 0 aromatic rings. The highest BCUT2D eigenvalue weighted by Crippen LogP contribution is 2.01. The number of hydrogen-bond donors (Lipinski definition) is 4. The molecular formula is C11H21N3O4. The fourth-order valence-electron chi connectivity index (χ4n) is 1.44. The van der Waals surface area contributed by atoms with Crippen LogP contribution < -0.4 is 16.4 Å². The van der Waals surface area contributed by atoms with E-state index in [1.807, 2.05) is 6.92 Å². The first kappa shape index (κ1) is 16.2. The van der Waals surface area contributed by atoms with E-state index in [0.717, 1.165) is 6.42 Å². The Hall–Kier alpha value is -1.79. The molecule has 0 heterocycles. The van der Waals surface area contributed by atoms with Crippen molar-refractivity contribution in [1.82, 2.24) is 10.6 Å². The molecule has 7 nitrogen and oxygen atoms in total. The molecular weight excluding hydrogens is 238 g/mol. The molecule has 0 spiro atoms. The van der Waals surface area contributed by atoms with Gasteiger partial charge in [0.05, 0.1) is 0 Å². The minimum absolute atomic E-state index is 0.0140. The number of nitrogens with two attached hydrogens (primary N) is 1. The second-order valence-electron chi connectivity index (χ2n) is 4.22. The number of carbonyl (C=O) groups is 3. The van der Waals surface area contributed by atoms with Crippen LogP contribution in [-0.2, 0) is 9.59 Å². The topological polar surface area (TPSA) is 122 Å². The summed E-state index contributed by atoms with van der Waals surface area (Å²) in [6.45, 7) is 3.56. The molecule has 2 atom stereocenters. The monoisotopic (exact) mass is 259 g/mol. The molecule has 3 amide bonds. The number of carboxylic acid groups (broad SMARTS) is 1. The maximum absolute atomic E-state index is 11.5. The number of urea groups is 1. The van der Waals surface area contributed by atoms with Gasteiger partial charge in [0.2, 0.25) is 5.91 Å². The van der Waals surface area contributed by atoms with Crippen LogP contribution in [-0.4, -0.2) is 35.1 Å². The zero-order valence-electron chi connectivity index (χ0n) is 10.7. The highest BCUT2D eigenvalue weighted by atomic mass is 16.4. The van der Waals surface area contributed by atoms with Crippen molar-refractivity contribution in [2.24, 2.45) is 5.73 Å². The highest BCUT2D eigenvalue weighted by molar-refractivity contribution is 5.83. The molecule has 104 valence electrons. The van der Waals surface area contributed by atoms with Gasteiger partial charge < -0.3 is 21.5 Å². The molecule has 0 rings (SSSR count). The average Bonchev–Trinajstić information content (AvgIpc) is 2.22. The van der Waals surface area contributed by atoms with Gasteiger partial charge in [-0.1, -0.05) is 19.8 Å². The zero-order chi connectivity index (χ0) is 14.1. The molecule has 0 aliphatic heterocycles. The van der Waals surface area contributed by atoms with Crippen LogP contribution in [0.3, 0.4) is 0 Å². The van der Waals surface area contributed by atoms with E-state index in [4.69, 9.17) is 10.8 Å². The summed E-state index contributed by atoms with van der Waals surface area (Å²) in [7, 11) is 0. The van der Waals surface area contributed by atoms with Gasteiger partial charge in [0.15, 0.2) is 0 Å². The smallest absolute Gasteiger partial charge is 0.326 e. The quantitative estimate of drug-likeness (QED) is 0.497. The van der Waals surface area contributed by atoms with Gasteiger partial charge in [0, 0.05) is 12.5 Å². The van der Waals surface area contributed by atoms with E-state index >= 15 is 0 Å². The molecule has 18 heavy (non-hydrogen) atoms. The molecule has 0 aromatic heterocycles. The Balaban J connectivity index is 4.16. The predicted octanol–water partition coefficient (Wildman–Crippen LogP) is 0.193. The van der Waals surface area contributed by atoms with Crippen LogP contribution in [0.15, 0.2) is 0 Å². The van der Waals surface area contributed by atoms with E-state index in [1.54, 1.807) is 6.92 Å². The molecule has 0 aliphatic carbocycles. The first-order valence-corrected chi connectivity index (χ1v) is 5.95. The van der Waals surface area contributed by atoms with Crippen LogP contribution >= 0.6 is 0 Å². The van der Waals surface area contributed by atoms with E-state index in [1.165, 1.54) is 0 Å². The second-order valence-corrected chi connectivity index (χ2v) is 4.22. The Morgan fingerprint density at radius 2 is 1.89 bits per heavy atom. The van der Waals surface area contributed by atoms with E-state index in [0.29, 0.717) is 12.8 Å². The normalized spacial score (nSPS) is 13.4. The molecule has 0 aromatic carbocycles. The number of amides is 3. The molecule has 0 bridgehead atoms. The molecule has 2 unspecified atom stereocenters. The molecule has 0 fully saturated rings. The first-order chi connectivity index (χ1) is 8.36. The maximum atomic E-state index is 11.5. The maximum Gasteiger partial charge on any atom is 0.326 e. The van der Waals surface area contributed by atoms with Crippen molar-refractivity contribution in [1.29, 1.82) is 0 Å². The third-order valence-electron chi connectivity index (χ3n) is 2.33. The molecule has 0 saturated heterocycles. The zero-order valence-corrected chi connectivity index (χ0v) is 10.7. The van der Waals surface area contributed by atoms with Crippen LogP contribution in [0.2, 0.25) is 0 Å². The van der Waals surface area contributed by atoms with Gasteiger partial charge in [-0.2, -0.15) is 0 Å². The number of carbonyl (C=O) groups excluding carboxylic acids is 2. The molecule has 0 radical (unpaired) electrons. The van der Waals surface area contributed by atoms with E-state index in [-0.39, 0.29) is 6.42 Å². The van der Waals surface area contributed by atoms with Crippen molar-refractivity contribution < 1.29 is 19.5 Å².